The SMILES string of the molecule is CC[C@H](C)[C@@H](C(=O)N[C@@H](Cc1ccccc1)[C@@H](O)CN(CC(C)C)S(=O)(=O)c1ccc(OC)cc1)N1CCN(Cc2cccc(COC)n2)C1=O. The van der Waals surface area contributed by atoms with Crippen LogP contribution < -0.4 is 10.1 Å². The Kier molecular flexibility index (Phi) is 14.4. The van der Waals surface area contributed by atoms with E-state index in [2.05, 4.69) is 10.3 Å². The average Bonchev–Trinajstić information content (AvgIpc) is 3.46. The number of hydrogen-bond acceptors (Lipinski definition) is 8. The number of carbonyl (C=O) groups excluding carboxylic acids is 2. The zero-order valence-electron chi connectivity index (χ0n) is 30.6. The molecule has 1 fully saturated rings. The number of ether oxygens (including phenoxy) is 2. The van der Waals surface area contributed by atoms with Crippen LogP contribution in [0, 0.1) is 11.8 Å². The van der Waals surface area contributed by atoms with E-state index in [-0.39, 0.29) is 42.3 Å². The molecule has 2 heterocycles. The molecule has 0 radical (unpaired) electrons. The molecular formula is C38H53N5O7S. The van der Waals surface area contributed by atoms with Crippen LogP contribution in [0.3, 0.4) is 0 Å². The number of aliphatic hydroxyl groups is 1. The van der Waals surface area contributed by atoms with Crippen molar-refractivity contribution in [3.05, 3.63) is 89.7 Å². The number of nitrogens with zero attached hydrogens (tertiary/aromatic N) is 4. The number of aliphatic hydroxyl groups excluding tert-OH is 1. The number of urea groups is 1. The van der Waals surface area contributed by atoms with Gasteiger partial charge in [-0.15, -0.1) is 0 Å². The molecule has 4 atom stereocenters. The first kappa shape index (κ1) is 39.7. The van der Waals surface area contributed by atoms with E-state index in [4.69, 9.17) is 9.47 Å². The number of hydrogen-bond donors (Lipinski definition) is 2. The summed E-state index contributed by atoms with van der Waals surface area (Å²) >= 11 is 0. The lowest BCUT2D eigenvalue weighted by molar-refractivity contribution is -0.128. The number of aromatic nitrogens is 1. The van der Waals surface area contributed by atoms with Crippen molar-refractivity contribution in [1.82, 2.24) is 24.4 Å². The molecule has 0 unspecified atom stereocenters. The van der Waals surface area contributed by atoms with Crippen LogP contribution >= 0.6 is 0 Å². The lowest BCUT2D eigenvalue weighted by Crippen LogP contribution is -2.57. The van der Waals surface area contributed by atoms with E-state index in [1.807, 2.05) is 76.2 Å². The van der Waals surface area contributed by atoms with Crippen molar-refractivity contribution in [2.24, 2.45) is 11.8 Å². The second-order valence-corrected chi connectivity index (χ2v) is 15.5. The third-order valence-corrected chi connectivity index (χ3v) is 11.0. The monoisotopic (exact) mass is 723 g/mol. The number of methoxy groups -OCH3 is 2. The Morgan fingerprint density at radius 2 is 1.65 bits per heavy atom. The lowest BCUT2D eigenvalue weighted by Gasteiger charge is -2.35. The van der Waals surface area contributed by atoms with Crippen LogP contribution in [-0.4, -0.2) is 103 Å². The summed E-state index contributed by atoms with van der Waals surface area (Å²) < 4.78 is 39.5. The Bertz CT molecular complexity index is 1670. The van der Waals surface area contributed by atoms with Gasteiger partial charge in [0.2, 0.25) is 15.9 Å². The average molecular weight is 724 g/mol. The van der Waals surface area contributed by atoms with Crippen LogP contribution in [0.2, 0.25) is 0 Å². The van der Waals surface area contributed by atoms with E-state index in [1.165, 1.54) is 23.5 Å². The highest BCUT2D eigenvalue weighted by Crippen LogP contribution is 2.24. The third kappa shape index (κ3) is 10.5. The number of nitrogens with one attached hydrogen (secondary N) is 1. The Morgan fingerprint density at radius 3 is 2.27 bits per heavy atom. The molecular weight excluding hydrogens is 671 g/mol. The van der Waals surface area contributed by atoms with Crippen LogP contribution in [0.1, 0.15) is 51.1 Å². The minimum absolute atomic E-state index is 0.0380. The maximum atomic E-state index is 14.3. The molecule has 1 aromatic heterocycles. The smallest absolute Gasteiger partial charge is 0.321 e. The van der Waals surface area contributed by atoms with Gasteiger partial charge < -0.3 is 29.7 Å². The Hall–Kier alpha value is -4.04. The van der Waals surface area contributed by atoms with Gasteiger partial charge in [0.05, 0.1) is 48.7 Å². The normalized spacial score (nSPS) is 16.0. The van der Waals surface area contributed by atoms with E-state index in [9.17, 15) is 23.1 Å². The molecule has 3 amide bonds. The zero-order valence-corrected chi connectivity index (χ0v) is 31.4. The second kappa shape index (κ2) is 18.5. The van der Waals surface area contributed by atoms with Crippen molar-refractivity contribution in [3.63, 3.8) is 0 Å². The largest absolute Gasteiger partial charge is 0.497 e. The van der Waals surface area contributed by atoms with Crippen molar-refractivity contribution < 1.29 is 32.6 Å². The fourth-order valence-electron chi connectivity index (χ4n) is 6.31. The van der Waals surface area contributed by atoms with Crippen LogP contribution in [-0.2, 0) is 39.1 Å². The molecule has 1 aliphatic rings. The molecule has 1 aliphatic heterocycles. The molecule has 0 spiro atoms. The lowest BCUT2D eigenvalue weighted by atomic mass is 9.95. The summed E-state index contributed by atoms with van der Waals surface area (Å²) in [6.45, 7) is 9.08. The standard InChI is InChI=1S/C38H53N5O7S/c1-7-28(4)36(43-21-20-41(38(43)46)24-30-14-11-15-31(39-30)26-49-5)37(45)40-34(22-29-12-9-8-10-13-29)35(44)25-42(23-27(2)3)51(47,48)33-18-16-32(50-6)17-19-33/h8-19,27-28,34-36,44H,7,20-26H2,1-6H3,(H,40,45)/t28-,34-,35-,36-/m0/s1. The number of rotatable bonds is 19. The first-order valence-corrected chi connectivity index (χ1v) is 19.0. The molecule has 3 aromatic rings. The number of amides is 3. The van der Waals surface area contributed by atoms with E-state index in [0.717, 1.165) is 17.0 Å². The molecule has 4 rings (SSSR count). The van der Waals surface area contributed by atoms with Gasteiger partial charge in [-0.2, -0.15) is 4.31 Å². The highest BCUT2D eigenvalue weighted by atomic mass is 32.2. The van der Waals surface area contributed by atoms with Crippen LogP contribution in [0.15, 0.2) is 77.7 Å². The highest BCUT2D eigenvalue weighted by Gasteiger charge is 2.41. The van der Waals surface area contributed by atoms with E-state index >= 15 is 0 Å². The van der Waals surface area contributed by atoms with Gasteiger partial charge in [-0.25, -0.2) is 13.2 Å². The molecule has 0 aliphatic carbocycles. The van der Waals surface area contributed by atoms with E-state index in [0.29, 0.717) is 38.4 Å². The molecule has 51 heavy (non-hydrogen) atoms. The topological polar surface area (TPSA) is 142 Å². The zero-order chi connectivity index (χ0) is 37.1. The summed E-state index contributed by atoms with van der Waals surface area (Å²) in [5.41, 5.74) is 2.36. The molecule has 2 N–H and O–H groups in total. The van der Waals surface area contributed by atoms with Gasteiger partial charge in [0.25, 0.3) is 0 Å². The molecule has 1 saturated heterocycles. The predicted molar refractivity (Wildman–Crippen MR) is 195 cm³/mol. The predicted octanol–water partition coefficient (Wildman–Crippen LogP) is 4.32. The molecule has 278 valence electrons. The molecule has 13 heteroatoms. The van der Waals surface area contributed by atoms with Crippen molar-refractivity contribution in [3.8, 4) is 5.75 Å². The van der Waals surface area contributed by atoms with Crippen molar-refractivity contribution >= 4 is 22.0 Å². The number of sulfonamides is 1. The quantitative estimate of drug-likeness (QED) is 0.186. The number of benzene rings is 2. The van der Waals surface area contributed by atoms with Crippen LogP contribution in [0.4, 0.5) is 4.79 Å². The van der Waals surface area contributed by atoms with E-state index in [1.54, 1.807) is 29.0 Å². The molecule has 0 saturated carbocycles. The molecule has 12 nitrogen and oxygen atoms in total. The Morgan fingerprint density at radius 1 is 0.961 bits per heavy atom. The summed E-state index contributed by atoms with van der Waals surface area (Å²) in [5.74, 6) is -0.102. The Labute approximate surface area is 302 Å². The summed E-state index contributed by atoms with van der Waals surface area (Å²) in [4.78, 5) is 36.1. The van der Waals surface area contributed by atoms with E-state index < -0.39 is 34.1 Å². The minimum Gasteiger partial charge on any atom is -0.497 e. The minimum atomic E-state index is -4.01. The first-order valence-electron chi connectivity index (χ1n) is 17.5. The third-order valence-electron chi connectivity index (χ3n) is 9.17. The van der Waals surface area contributed by atoms with Crippen molar-refractivity contribution in [2.75, 3.05) is 40.4 Å². The van der Waals surface area contributed by atoms with Gasteiger partial charge in [0.15, 0.2) is 0 Å². The van der Waals surface area contributed by atoms with Crippen molar-refractivity contribution in [1.29, 1.82) is 0 Å². The van der Waals surface area contributed by atoms with Crippen LogP contribution in [0.5, 0.6) is 5.75 Å². The van der Waals surface area contributed by atoms with Gasteiger partial charge in [0.1, 0.15) is 11.8 Å². The maximum absolute atomic E-state index is 14.3. The summed E-state index contributed by atoms with van der Waals surface area (Å²) in [7, 11) is -0.897. The van der Waals surface area contributed by atoms with Gasteiger partial charge in [-0.05, 0) is 60.2 Å². The van der Waals surface area contributed by atoms with Gasteiger partial charge >= 0.3 is 6.03 Å². The van der Waals surface area contributed by atoms with Gasteiger partial charge in [-0.3, -0.25) is 9.78 Å². The number of pyridine rings is 1. The Balaban J connectivity index is 1.58. The van der Waals surface area contributed by atoms with Crippen LogP contribution in [0.25, 0.3) is 0 Å². The second-order valence-electron chi connectivity index (χ2n) is 13.5. The maximum Gasteiger partial charge on any atom is 0.321 e. The van der Waals surface area contributed by atoms with Crippen molar-refractivity contribution in [2.45, 2.75) is 76.8 Å². The molecule has 2 aromatic carbocycles. The van der Waals surface area contributed by atoms with Gasteiger partial charge in [-0.1, -0.05) is 70.5 Å². The summed E-state index contributed by atoms with van der Waals surface area (Å²) in [6.07, 6.45) is -0.381. The first-order chi connectivity index (χ1) is 24.4. The molecule has 0 bridgehead atoms. The summed E-state index contributed by atoms with van der Waals surface area (Å²) in [5, 5.41) is 14.9. The van der Waals surface area contributed by atoms with Gasteiger partial charge in [0, 0.05) is 33.3 Å². The number of carbonyl (C=O) groups is 2. The summed E-state index contributed by atoms with van der Waals surface area (Å²) in [6, 6.07) is 19.3. The fraction of sp³-hybridized carbons (Fsp3) is 0.500. The highest BCUT2D eigenvalue weighted by molar-refractivity contribution is 7.89. The fourth-order valence-corrected chi connectivity index (χ4v) is 7.93.